The van der Waals surface area contributed by atoms with E-state index in [-0.39, 0.29) is 11.8 Å². The van der Waals surface area contributed by atoms with Crippen molar-refractivity contribution in [3.63, 3.8) is 0 Å². The average Bonchev–Trinajstić information content (AvgIpc) is 2.47. The Morgan fingerprint density at radius 3 is 2.76 bits per heavy atom. The van der Waals surface area contributed by atoms with Gasteiger partial charge in [-0.25, -0.2) is 14.2 Å². The first kappa shape index (κ1) is 13.0. The van der Waals surface area contributed by atoms with Crippen LogP contribution < -0.4 is 4.74 Å². The van der Waals surface area contributed by atoms with E-state index >= 15 is 0 Å². The van der Waals surface area contributed by atoms with E-state index in [1.807, 2.05) is 18.2 Å². The van der Waals surface area contributed by atoms with E-state index in [0.717, 1.165) is 11.5 Å². The van der Waals surface area contributed by atoms with Gasteiger partial charge in [-0.3, -0.25) is 0 Å². The number of ether oxygens (including phenoxy) is 1. The van der Waals surface area contributed by atoms with E-state index in [1.54, 1.807) is 12.3 Å². The zero-order valence-corrected chi connectivity index (χ0v) is 10.7. The van der Waals surface area contributed by atoms with Gasteiger partial charge in [-0.15, -0.1) is 0 Å². The normalized spacial score (nSPS) is 10.5. The van der Waals surface area contributed by atoms with E-state index in [2.05, 4.69) is 9.97 Å². The summed E-state index contributed by atoms with van der Waals surface area (Å²) in [5.74, 6) is -2.43. The highest BCUT2D eigenvalue weighted by atomic mass is 19.1. The topological polar surface area (TPSA) is 72.3 Å². The maximum absolute atomic E-state index is 13.6. The Labute approximate surface area is 118 Å². The lowest BCUT2D eigenvalue weighted by Crippen LogP contribution is -2.04. The molecule has 104 valence electrons. The second kappa shape index (κ2) is 5.16. The zero-order valence-electron chi connectivity index (χ0n) is 10.7. The maximum Gasteiger partial charge on any atom is 0.342 e. The summed E-state index contributed by atoms with van der Waals surface area (Å²) in [5.41, 5.74) is 0.102. The van der Waals surface area contributed by atoms with Crippen molar-refractivity contribution in [2.24, 2.45) is 0 Å². The Balaban J connectivity index is 2.02. The van der Waals surface area contributed by atoms with E-state index < -0.39 is 17.3 Å². The van der Waals surface area contributed by atoms with Gasteiger partial charge in [0.15, 0.2) is 0 Å². The molecule has 0 spiro atoms. The Bertz CT molecular complexity index is 836. The predicted molar refractivity (Wildman–Crippen MR) is 73.0 cm³/mol. The maximum atomic E-state index is 13.6. The quantitative estimate of drug-likeness (QED) is 0.799. The lowest BCUT2D eigenvalue weighted by Gasteiger charge is -2.08. The van der Waals surface area contributed by atoms with Crippen molar-refractivity contribution in [1.29, 1.82) is 0 Å². The van der Waals surface area contributed by atoms with Crippen LogP contribution in [-0.4, -0.2) is 21.0 Å². The SMILES string of the molecule is O=C(O)c1c(F)cccc1Oc1ncc2ccccc2n1. The molecule has 6 heteroatoms. The number of carboxylic acid groups (broad SMARTS) is 1. The fourth-order valence-corrected chi connectivity index (χ4v) is 1.90. The Morgan fingerprint density at radius 2 is 1.95 bits per heavy atom. The minimum atomic E-state index is -1.41. The van der Waals surface area contributed by atoms with Crippen molar-refractivity contribution in [3.8, 4) is 11.8 Å². The first-order valence-corrected chi connectivity index (χ1v) is 6.06. The third kappa shape index (κ3) is 2.51. The summed E-state index contributed by atoms with van der Waals surface area (Å²) in [4.78, 5) is 19.2. The van der Waals surface area contributed by atoms with Gasteiger partial charge in [0.1, 0.15) is 17.1 Å². The molecule has 0 atom stereocenters. The van der Waals surface area contributed by atoms with Gasteiger partial charge < -0.3 is 9.84 Å². The summed E-state index contributed by atoms with van der Waals surface area (Å²) in [5, 5.41) is 9.86. The van der Waals surface area contributed by atoms with E-state index in [9.17, 15) is 9.18 Å². The number of fused-ring (bicyclic) bond motifs is 1. The number of aromatic carboxylic acids is 1. The number of hydrogen-bond acceptors (Lipinski definition) is 4. The summed E-state index contributed by atoms with van der Waals surface area (Å²) < 4.78 is 18.9. The van der Waals surface area contributed by atoms with Gasteiger partial charge in [-0.1, -0.05) is 24.3 Å². The molecule has 0 radical (unpaired) electrons. The molecule has 0 saturated carbocycles. The Morgan fingerprint density at radius 1 is 1.14 bits per heavy atom. The first-order valence-electron chi connectivity index (χ1n) is 6.06. The second-order valence-electron chi connectivity index (χ2n) is 4.23. The number of para-hydroxylation sites is 1. The second-order valence-corrected chi connectivity index (χ2v) is 4.23. The third-order valence-corrected chi connectivity index (χ3v) is 2.86. The van der Waals surface area contributed by atoms with Crippen LogP contribution in [0.25, 0.3) is 10.9 Å². The van der Waals surface area contributed by atoms with Gasteiger partial charge in [0.2, 0.25) is 0 Å². The van der Waals surface area contributed by atoms with Crippen LogP contribution >= 0.6 is 0 Å². The molecule has 5 nitrogen and oxygen atoms in total. The number of hydrogen-bond donors (Lipinski definition) is 1. The molecule has 2 aromatic carbocycles. The molecule has 0 saturated heterocycles. The summed E-state index contributed by atoms with van der Waals surface area (Å²) in [6.07, 6.45) is 1.55. The molecule has 0 bridgehead atoms. The van der Waals surface area contributed by atoms with Crippen LogP contribution in [0.4, 0.5) is 4.39 Å². The van der Waals surface area contributed by atoms with Crippen LogP contribution in [0.5, 0.6) is 11.8 Å². The van der Waals surface area contributed by atoms with Crippen LogP contribution in [-0.2, 0) is 0 Å². The standard InChI is InChI=1S/C15H9FN2O3/c16-10-5-3-7-12(13(10)14(19)20)21-15-17-8-9-4-1-2-6-11(9)18-15/h1-8H,(H,19,20). The van der Waals surface area contributed by atoms with Crippen LogP contribution in [0.15, 0.2) is 48.7 Å². The van der Waals surface area contributed by atoms with Crippen molar-refractivity contribution >= 4 is 16.9 Å². The molecule has 0 fully saturated rings. The predicted octanol–water partition coefficient (Wildman–Crippen LogP) is 3.26. The highest BCUT2D eigenvalue weighted by Crippen LogP contribution is 2.26. The molecule has 21 heavy (non-hydrogen) atoms. The zero-order chi connectivity index (χ0) is 14.8. The van der Waals surface area contributed by atoms with Crippen LogP contribution in [0, 0.1) is 5.82 Å². The fraction of sp³-hybridized carbons (Fsp3) is 0. The van der Waals surface area contributed by atoms with Gasteiger partial charge in [0, 0.05) is 11.6 Å². The van der Waals surface area contributed by atoms with Crippen molar-refractivity contribution < 1.29 is 19.0 Å². The molecule has 1 heterocycles. The van der Waals surface area contributed by atoms with Crippen molar-refractivity contribution in [1.82, 2.24) is 9.97 Å². The van der Waals surface area contributed by atoms with Gasteiger partial charge >= 0.3 is 12.0 Å². The Kier molecular flexibility index (Phi) is 3.19. The molecule has 0 aliphatic rings. The number of aromatic nitrogens is 2. The third-order valence-electron chi connectivity index (χ3n) is 2.86. The molecule has 3 aromatic rings. The smallest absolute Gasteiger partial charge is 0.342 e. The number of rotatable bonds is 3. The summed E-state index contributed by atoms with van der Waals surface area (Å²) in [7, 11) is 0. The highest BCUT2D eigenvalue weighted by molar-refractivity contribution is 5.91. The molecule has 0 unspecified atom stereocenters. The molecule has 1 N–H and O–H groups in total. The van der Waals surface area contributed by atoms with Gasteiger partial charge in [-0.2, -0.15) is 4.98 Å². The fourth-order valence-electron chi connectivity index (χ4n) is 1.90. The van der Waals surface area contributed by atoms with E-state index in [0.29, 0.717) is 5.52 Å². The van der Waals surface area contributed by atoms with Crippen molar-refractivity contribution in [3.05, 3.63) is 60.0 Å². The van der Waals surface area contributed by atoms with Crippen LogP contribution in [0.1, 0.15) is 10.4 Å². The number of benzene rings is 2. The number of halogens is 1. The molecule has 0 amide bonds. The lowest BCUT2D eigenvalue weighted by atomic mass is 10.2. The van der Waals surface area contributed by atoms with Gasteiger partial charge in [-0.05, 0) is 18.2 Å². The van der Waals surface area contributed by atoms with Crippen molar-refractivity contribution in [2.45, 2.75) is 0 Å². The Hall–Kier alpha value is -3.02. The molecular weight excluding hydrogens is 275 g/mol. The molecule has 0 aliphatic heterocycles. The molecule has 0 aliphatic carbocycles. The van der Waals surface area contributed by atoms with E-state index in [4.69, 9.17) is 9.84 Å². The summed E-state index contributed by atoms with van der Waals surface area (Å²) in [6, 6.07) is 11.0. The van der Waals surface area contributed by atoms with Crippen LogP contribution in [0.3, 0.4) is 0 Å². The summed E-state index contributed by atoms with van der Waals surface area (Å²) >= 11 is 0. The number of carbonyl (C=O) groups is 1. The largest absolute Gasteiger partial charge is 0.477 e. The molecule has 3 rings (SSSR count). The van der Waals surface area contributed by atoms with E-state index in [1.165, 1.54) is 12.1 Å². The lowest BCUT2D eigenvalue weighted by molar-refractivity contribution is 0.0689. The van der Waals surface area contributed by atoms with Gasteiger partial charge in [0.05, 0.1) is 5.52 Å². The highest BCUT2D eigenvalue weighted by Gasteiger charge is 2.18. The minimum absolute atomic E-state index is 0.0400. The van der Waals surface area contributed by atoms with Gasteiger partial charge in [0.25, 0.3) is 0 Å². The average molecular weight is 284 g/mol. The number of nitrogens with zero attached hydrogens (tertiary/aromatic N) is 2. The minimum Gasteiger partial charge on any atom is -0.477 e. The monoisotopic (exact) mass is 284 g/mol. The van der Waals surface area contributed by atoms with Crippen LogP contribution in [0.2, 0.25) is 0 Å². The first-order chi connectivity index (χ1) is 10.1. The number of carboxylic acids is 1. The molecular formula is C15H9FN2O3. The molecule has 1 aromatic heterocycles. The summed E-state index contributed by atoms with van der Waals surface area (Å²) in [6.45, 7) is 0. The van der Waals surface area contributed by atoms with Crippen molar-refractivity contribution in [2.75, 3.05) is 0 Å².